The number of ether oxygens (including phenoxy) is 1. The highest BCUT2D eigenvalue weighted by Gasteiger charge is 2.17. The van der Waals surface area contributed by atoms with Gasteiger partial charge in [-0.3, -0.25) is 0 Å². The highest BCUT2D eigenvalue weighted by molar-refractivity contribution is 6.04. The van der Waals surface area contributed by atoms with E-state index in [1.54, 1.807) is 6.07 Å². The zero-order valence-corrected chi connectivity index (χ0v) is 12.0. The van der Waals surface area contributed by atoms with Crippen molar-refractivity contribution in [2.75, 3.05) is 7.11 Å². The second-order valence-corrected chi connectivity index (χ2v) is 4.75. The van der Waals surface area contributed by atoms with E-state index in [9.17, 15) is 4.79 Å². The van der Waals surface area contributed by atoms with E-state index in [-0.39, 0.29) is 0 Å². The van der Waals surface area contributed by atoms with Gasteiger partial charge in [-0.25, -0.2) is 4.79 Å². The standard InChI is InChI=1S/C16H18N2O2/c1-4-12(5-2)18-7-6-13-14(16(19)20-3)8-11(10-17)9-15(13)18/h6-9,12H,4-5H2,1-3H3. The maximum absolute atomic E-state index is 11.9. The zero-order valence-electron chi connectivity index (χ0n) is 12.0. The summed E-state index contributed by atoms with van der Waals surface area (Å²) < 4.78 is 6.95. The number of hydrogen-bond donors (Lipinski definition) is 0. The van der Waals surface area contributed by atoms with Gasteiger partial charge in [0.05, 0.1) is 29.8 Å². The number of hydrogen-bond acceptors (Lipinski definition) is 3. The Labute approximate surface area is 118 Å². The van der Waals surface area contributed by atoms with Crippen molar-refractivity contribution in [1.82, 2.24) is 4.57 Å². The van der Waals surface area contributed by atoms with E-state index in [4.69, 9.17) is 10.00 Å². The summed E-state index contributed by atoms with van der Waals surface area (Å²) in [7, 11) is 1.35. The molecule has 1 heterocycles. The highest BCUT2D eigenvalue weighted by atomic mass is 16.5. The Morgan fingerprint density at radius 1 is 1.40 bits per heavy atom. The number of nitriles is 1. The summed E-state index contributed by atoms with van der Waals surface area (Å²) >= 11 is 0. The molecule has 20 heavy (non-hydrogen) atoms. The van der Waals surface area contributed by atoms with Gasteiger partial charge in [0, 0.05) is 17.6 Å². The van der Waals surface area contributed by atoms with Gasteiger partial charge in [-0.1, -0.05) is 13.8 Å². The lowest BCUT2D eigenvalue weighted by molar-refractivity contribution is 0.0603. The van der Waals surface area contributed by atoms with E-state index in [1.807, 2.05) is 18.3 Å². The normalized spacial score (nSPS) is 10.8. The molecule has 0 radical (unpaired) electrons. The van der Waals surface area contributed by atoms with Gasteiger partial charge in [0.25, 0.3) is 0 Å². The summed E-state index contributed by atoms with van der Waals surface area (Å²) in [6.45, 7) is 4.27. The Bertz CT molecular complexity index is 676. The van der Waals surface area contributed by atoms with Crippen LogP contribution in [-0.2, 0) is 4.74 Å². The summed E-state index contributed by atoms with van der Waals surface area (Å²) in [5.41, 5.74) is 1.84. The molecule has 2 rings (SSSR count). The monoisotopic (exact) mass is 270 g/mol. The number of carbonyl (C=O) groups is 1. The number of methoxy groups -OCH3 is 1. The molecule has 0 aliphatic heterocycles. The minimum absolute atomic E-state index is 0.368. The summed E-state index contributed by atoms with van der Waals surface area (Å²) in [6.07, 6.45) is 3.99. The van der Waals surface area contributed by atoms with Crippen LogP contribution in [0.15, 0.2) is 24.4 Å². The molecule has 0 aliphatic rings. The predicted molar refractivity (Wildman–Crippen MR) is 77.6 cm³/mol. The molecule has 0 atom stereocenters. The number of esters is 1. The highest BCUT2D eigenvalue weighted by Crippen LogP contribution is 2.28. The SMILES string of the molecule is CCC(CC)n1ccc2c(C(=O)OC)cc(C#N)cc21. The van der Waals surface area contributed by atoms with Gasteiger partial charge < -0.3 is 9.30 Å². The quantitative estimate of drug-likeness (QED) is 0.797. The largest absolute Gasteiger partial charge is 0.465 e. The summed E-state index contributed by atoms with van der Waals surface area (Å²) in [4.78, 5) is 11.9. The molecule has 0 fully saturated rings. The molecule has 4 nitrogen and oxygen atoms in total. The predicted octanol–water partition coefficient (Wildman–Crippen LogP) is 3.66. The Kier molecular flexibility index (Phi) is 4.09. The van der Waals surface area contributed by atoms with Crippen LogP contribution in [0.4, 0.5) is 0 Å². The van der Waals surface area contributed by atoms with Crippen LogP contribution in [0.5, 0.6) is 0 Å². The Hall–Kier alpha value is -2.28. The maximum atomic E-state index is 11.9. The number of carbonyl (C=O) groups excluding carboxylic acids is 1. The van der Waals surface area contributed by atoms with Crippen LogP contribution in [0.1, 0.15) is 48.7 Å². The molecular weight excluding hydrogens is 252 g/mol. The first-order chi connectivity index (χ1) is 9.65. The molecule has 0 amide bonds. The van der Waals surface area contributed by atoms with Gasteiger partial charge in [-0.2, -0.15) is 5.26 Å². The molecular formula is C16H18N2O2. The molecule has 0 unspecified atom stereocenters. The van der Waals surface area contributed by atoms with Crippen LogP contribution in [0.2, 0.25) is 0 Å². The number of nitrogens with zero attached hydrogens (tertiary/aromatic N) is 2. The third kappa shape index (κ3) is 2.27. The van der Waals surface area contributed by atoms with E-state index in [2.05, 4.69) is 24.5 Å². The summed E-state index contributed by atoms with van der Waals surface area (Å²) in [5.74, 6) is -0.408. The first kappa shape index (κ1) is 14.1. The van der Waals surface area contributed by atoms with Crippen LogP contribution in [0, 0.1) is 11.3 Å². The van der Waals surface area contributed by atoms with Gasteiger partial charge in [0.1, 0.15) is 0 Å². The lowest BCUT2D eigenvalue weighted by Gasteiger charge is -2.16. The summed E-state index contributed by atoms with van der Waals surface area (Å²) in [5, 5.41) is 9.98. The fraction of sp³-hybridized carbons (Fsp3) is 0.375. The van der Waals surface area contributed by atoms with E-state index < -0.39 is 5.97 Å². The van der Waals surface area contributed by atoms with Gasteiger partial charge in [-0.05, 0) is 31.0 Å². The average molecular weight is 270 g/mol. The first-order valence-electron chi connectivity index (χ1n) is 6.79. The Balaban J connectivity index is 2.72. The molecule has 4 heteroatoms. The van der Waals surface area contributed by atoms with Gasteiger partial charge >= 0.3 is 5.97 Å². The molecule has 0 aliphatic carbocycles. The van der Waals surface area contributed by atoms with Crippen molar-refractivity contribution in [3.63, 3.8) is 0 Å². The minimum atomic E-state index is -0.408. The Morgan fingerprint density at radius 2 is 2.10 bits per heavy atom. The van der Waals surface area contributed by atoms with Crippen molar-refractivity contribution in [2.24, 2.45) is 0 Å². The molecule has 0 saturated heterocycles. The fourth-order valence-corrected chi connectivity index (χ4v) is 2.61. The molecule has 104 valence electrons. The van der Waals surface area contributed by atoms with Crippen LogP contribution in [-0.4, -0.2) is 17.6 Å². The second-order valence-electron chi connectivity index (χ2n) is 4.75. The van der Waals surface area contributed by atoms with E-state index >= 15 is 0 Å². The molecule has 2 aromatic rings. The van der Waals surface area contributed by atoms with Crippen molar-refractivity contribution in [3.8, 4) is 6.07 Å². The molecule has 1 aromatic heterocycles. The lowest BCUT2D eigenvalue weighted by Crippen LogP contribution is -2.07. The second kappa shape index (κ2) is 5.79. The molecule has 0 spiro atoms. The van der Waals surface area contributed by atoms with Gasteiger partial charge in [0.15, 0.2) is 0 Å². The average Bonchev–Trinajstić information content (AvgIpc) is 2.90. The molecule has 0 bridgehead atoms. The molecule has 0 N–H and O–H groups in total. The third-order valence-electron chi connectivity index (χ3n) is 3.71. The van der Waals surface area contributed by atoms with Gasteiger partial charge in [-0.15, -0.1) is 0 Å². The van der Waals surface area contributed by atoms with Crippen molar-refractivity contribution >= 4 is 16.9 Å². The zero-order chi connectivity index (χ0) is 14.7. The van der Waals surface area contributed by atoms with E-state index in [0.29, 0.717) is 17.2 Å². The molecule has 0 saturated carbocycles. The minimum Gasteiger partial charge on any atom is -0.465 e. The van der Waals surface area contributed by atoms with Crippen LogP contribution >= 0.6 is 0 Å². The number of benzene rings is 1. The number of rotatable bonds is 4. The third-order valence-corrected chi connectivity index (χ3v) is 3.71. The number of fused-ring (bicyclic) bond motifs is 1. The van der Waals surface area contributed by atoms with Crippen molar-refractivity contribution in [1.29, 1.82) is 5.26 Å². The molecule has 1 aromatic carbocycles. The fourth-order valence-electron chi connectivity index (χ4n) is 2.61. The van der Waals surface area contributed by atoms with E-state index in [1.165, 1.54) is 7.11 Å². The van der Waals surface area contributed by atoms with Gasteiger partial charge in [0.2, 0.25) is 0 Å². The Morgan fingerprint density at radius 3 is 2.65 bits per heavy atom. The number of aromatic nitrogens is 1. The smallest absolute Gasteiger partial charge is 0.338 e. The van der Waals surface area contributed by atoms with Crippen molar-refractivity contribution in [2.45, 2.75) is 32.7 Å². The lowest BCUT2D eigenvalue weighted by atomic mass is 10.1. The van der Waals surface area contributed by atoms with Crippen molar-refractivity contribution < 1.29 is 9.53 Å². The van der Waals surface area contributed by atoms with Crippen LogP contribution in [0.25, 0.3) is 10.9 Å². The van der Waals surface area contributed by atoms with Crippen LogP contribution < -0.4 is 0 Å². The first-order valence-corrected chi connectivity index (χ1v) is 6.79. The van der Waals surface area contributed by atoms with Crippen LogP contribution in [0.3, 0.4) is 0 Å². The topological polar surface area (TPSA) is 55.0 Å². The van der Waals surface area contributed by atoms with E-state index in [0.717, 1.165) is 23.7 Å². The van der Waals surface area contributed by atoms with Crippen molar-refractivity contribution in [3.05, 3.63) is 35.5 Å². The summed E-state index contributed by atoms with van der Waals surface area (Å²) in [6, 6.07) is 7.82. The maximum Gasteiger partial charge on any atom is 0.338 e.